The molecule has 1 aromatic rings. The Morgan fingerprint density at radius 2 is 1.88 bits per heavy atom. The Labute approximate surface area is 97.0 Å². The largest absolute Gasteiger partial charge is 0.478 e. The maximum atomic E-state index is 10.4. The number of hydrogen-bond acceptors (Lipinski definition) is 5. The molecular formula is C10H13NO6. The minimum absolute atomic E-state index is 0.139. The van der Waals surface area contributed by atoms with Gasteiger partial charge >= 0.3 is 11.9 Å². The van der Waals surface area contributed by atoms with Gasteiger partial charge in [-0.1, -0.05) is 0 Å². The average molecular weight is 243 g/mol. The zero-order valence-corrected chi connectivity index (χ0v) is 9.07. The van der Waals surface area contributed by atoms with E-state index in [4.69, 9.17) is 20.4 Å². The summed E-state index contributed by atoms with van der Waals surface area (Å²) in [4.78, 5) is 24.2. The Bertz CT molecular complexity index is 357. The highest BCUT2D eigenvalue weighted by Gasteiger charge is 2.15. The summed E-state index contributed by atoms with van der Waals surface area (Å²) < 4.78 is 0. The molecule has 4 N–H and O–H groups in total. The molecule has 0 aliphatic rings. The van der Waals surface area contributed by atoms with Crippen LogP contribution >= 0.6 is 0 Å². The molecule has 1 atom stereocenters. The van der Waals surface area contributed by atoms with E-state index in [0.717, 1.165) is 0 Å². The number of nitrogens with zero attached hydrogens (tertiary/aromatic N) is 1. The highest BCUT2D eigenvalue weighted by Crippen LogP contribution is 2.04. The molecule has 1 unspecified atom stereocenters. The number of carbonyl (C=O) groups is 2. The van der Waals surface area contributed by atoms with E-state index in [1.807, 2.05) is 0 Å². The number of aromatic nitrogens is 1. The average Bonchev–Trinajstić information content (AvgIpc) is 2.29. The van der Waals surface area contributed by atoms with Gasteiger partial charge in [-0.25, -0.2) is 14.6 Å². The molecule has 0 aliphatic carbocycles. The van der Waals surface area contributed by atoms with Crippen molar-refractivity contribution in [2.24, 2.45) is 0 Å². The zero-order valence-electron chi connectivity index (χ0n) is 9.07. The minimum Gasteiger partial charge on any atom is -0.478 e. The molecule has 7 heteroatoms. The first kappa shape index (κ1) is 15.0. The fourth-order valence-corrected chi connectivity index (χ4v) is 0.748. The van der Waals surface area contributed by atoms with Crippen molar-refractivity contribution in [3.63, 3.8) is 0 Å². The predicted molar refractivity (Wildman–Crippen MR) is 56.9 cm³/mol. The van der Waals surface area contributed by atoms with Gasteiger partial charge in [0.1, 0.15) is 0 Å². The van der Waals surface area contributed by atoms with E-state index >= 15 is 0 Å². The lowest BCUT2D eigenvalue weighted by molar-refractivity contribution is 0.0646. The Morgan fingerprint density at radius 1 is 1.35 bits per heavy atom. The van der Waals surface area contributed by atoms with Crippen LogP contribution in [-0.4, -0.2) is 50.1 Å². The number of carboxylic acid groups (broad SMARTS) is 2. The van der Waals surface area contributed by atoms with Crippen LogP contribution in [0.15, 0.2) is 18.3 Å². The van der Waals surface area contributed by atoms with Gasteiger partial charge in [0, 0.05) is 6.20 Å². The summed E-state index contributed by atoms with van der Waals surface area (Å²) in [6, 6.07) is 2.56. The van der Waals surface area contributed by atoms with Gasteiger partial charge in [-0.3, -0.25) is 0 Å². The van der Waals surface area contributed by atoms with Crippen LogP contribution in [0.5, 0.6) is 0 Å². The van der Waals surface area contributed by atoms with Gasteiger partial charge in [-0.2, -0.15) is 0 Å². The summed E-state index contributed by atoms with van der Waals surface area (Å²) in [6.07, 6.45) is 0.672. The van der Waals surface area contributed by atoms with Crippen molar-refractivity contribution < 1.29 is 30.0 Å². The maximum absolute atomic E-state index is 10.4. The quantitative estimate of drug-likeness (QED) is 0.580. The third-order valence-corrected chi connectivity index (χ3v) is 1.50. The lowest BCUT2D eigenvalue weighted by atomic mass is 10.2. The first-order valence-corrected chi connectivity index (χ1v) is 4.60. The second-order valence-corrected chi connectivity index (χ2v) is 3.04. The van der Waals surface area contributed by atoms with Crippen molar-refractivity contribution in [3.8, 4) is 0 Å². The first-order valence-electron chi connectivity index (χ1n) is 4.60. The summed E-state index contributed by atoms with van der Waals surface area (Å²) >= 11 is 0. The van der Waals surface area contributed by atoms with Crippen molar-refractivity contribution in [2.45, 2.75) is 13.0 Å². The Hall–Kier alpha value is -1.99. The molecule has 0 bridgehead atoms. The summed E-state index contributed by atoms with van der Waals surface area (Å²) in [7, 11) is 0. The number of carboxylic acids is 2. The standard InChI is InChI=1S/C7H5NO4.C3H8O2/c9-6(10)4-2-1-3-8-5(4)7(11)12;1-3(5)2-4/h1-3H,(H,9,10)(H,11,12);3-5H,2H2,1H3. The third kappa shape index (κ3) is 5.59. The fourth-order valence-electron chi connectivity index (χ4n) is 0.748. The molecule has 0 aliphatic heterocycles. The van der Waals surface area contributed by atoms with Crippen molar-refractivity contribution in [1.29, 1.82) is 0 Å². The smallest absolute Gasteiger partial charge is 0.355 e. The van der Waals surface area contributed by atoms with Crippen molar-refractivity contribution >= 4 is 11.9 Å². The van der Waals surface area contributed by atoms with E-state index < -0.39 is 23.7 Å². The molecule has 17 heavy (non-hydrogen) atoms. The monoisotopic (exact) mass is 243 g/mol. The molecule has 0 radical (unpaired) electrons. The van der Waals surface area contributed by atoms with Gasteiger partial charge in [0.15, 0.2) is 5.69 Å². The fraction of sp³-hybridized carbons (Fsp3) is 0.300. The SMILES string of the molecule is CC(O)CO.O=C(O)c1cccnc1C(=O)O. The summed E-state index contributed by atoms with van der Waals surface area (Å²) in [5.74, 6) is -2.63. The van der Waals surface area contributed by atoms with E-state index in [9.17, 15) is 9.59 Å². The Balaban J connectivity index is 0.000000437. The van der Waals surface area contributed by atoms with Crippen LogP contribution < -0.4 is 0 Å². The van der Waals surface area contributed by atoms with Crippen molar-refractivity contribution in [2.75, 3.05) is 6.61 Å². The molecule has 1 aromatic heterocycles. The molecule has 0 amide bonds. The molecule has 0 aromatic carbocycles. The van der Waals surface area contributed by atoms with Crippen LogP contribution in [-0.2, 0) is 0 Å². The predicted octanol–water partition coefficient (Wildman–Crippen LogP) is -0.163. The molecular weight excluding hydrogens is 230 g/mol. The minimum atomic E-state index is -1.34. The van der Waals surface area contributed by atoms with Crippen LogP contribution in [0.4, 0.5) is 0 Å². The molecule has 0 spiro atoms. The maximum Gasteiger partial charge on any atom is 0.355 e. The molecule has 1 heterocycles. The summed E-state index contributed by atoms with van der Waals surface area (Å²) in [5.41, 5.74) is -0.741. The summed E-state index contributed by atoms with van der Waals surface area (Å²) in [5, 5.41) is 33.0. The molecule has 94 valence electrons. The highest BCUT2D eigenvalue weighted by molar-refractivity contribution is 5.99. The van der Waals surface area contributed by atoms with E-state index in [-0.39, 0.29) is 12.2 Å². The number of pyridine rings is 1. The number of hydrogen-bond donors (Lipinski definition) is 4. The van der Waals surface area contributed by atoms with Gasteiger partial charge in [-0.05, 0) is 19.1 Å². The van der Waals surface area contributed by atoms with Gasteiger partial charge in [0.2, 0.25) is 0 Å². The van der Waals surface area contributed by atoms with Crippen LogP contribution in [0.3, 0.4) is 0 Å². The van der Waals surface area contributed by atoms with Crippen molar-refractivity contribution in [3.05, 3.63) is 29.6 Å². The van der Waals surface area contributed by atoms with Crippen LogP contribution in [0.1, 0.15) is 27.8 Å². The van der Waals surface area contributed by atoms with E-state index in [0.29, 0.717) is 0 Å². The highest BCUT2D eigenvalue weighted by atomic mass is 16.4. The number of aromatic carboxylic acids is 2. The van der Waals surface area contributed by atoms with Gasteiger partial charge in [0.25, 0.3) is 0 Å². The Morgan fingerprint density at radius 3 is 2.18 bits per heavy atom. The van der Waals surface area contributed by atoms with Gasteiger partial charge < -0.3 is 20.4 Å². The third-order valence-electron chi connectivity index (χ3n) is 1.50. The second-order valence-electron chi connectivity index (χ2n) is 3.04. The Kier molecular flexibility index (Phi) is 6.46. The first-order chi connectivity index (χ1) is 7.90. The van der Waals surface area contributed by atoms with Crippen molar-refractivity contribution in [1.82, 2.24) is 4.98 Å². The summed E-state index contributed by atoms with van der Waals surface area (Å²) in [6.45, 7) is 1.39. The molecule has 0 saturated carbocycles. The normalized spacial score (nSPS) is 11.0. The van der Waals surface area contributed by atoms with E-state index in [1.54, 1.807) is 0 Å². The number of rotatable bonds is 3. The molecule has 0 saturated heterocycles. The van der Waals surface area contributed by atoms with Gasteiger partial charge in [-0.15, -0.1) is 0 Å². The van der Waals surface area contributed by atoms with E-state index in [1.165, 1.54) is 25.3 Å². The van der Waals surface area contributed by atoms with Crippen LogP contribution in [0.25, 0.3) is 0 Å². The molecule has 7 nitrogen and oxygen atoms in total. The van der Waals surface area contributed by atoms with Gasteiger partial charge in [0.05, 0.1) is 18.3 Å². The number of aliphatic hydroxyl groups excluding tert-OH is 2. The lowest BCUT2D eigenvalue weighted by Crippen LogP contribution is -2.09. The lowest BCUT2D eigenvalue weighted by Gasteiger charge is -1.97. The molecule has 1 rings (SSSR count). The molecule has 0 fully saturated rings. The zero-order chi connectivity index (χ0) is 13.4. The van der Waals surface area contributed by atoms with Crippen LogP contribution in [0, 0.1) is 0 Å². The van der Waals surface area contributed by atoms with Crippen LogP contribution in [0.2, 0.25) is 0 Å². The number of aliphatic hydroxyl groups is 2. The second kappa shape index (κ2) is 7.31. The topological polar surface area (TPSA) is 128 Å². The van der Waals surface area contributed by atoms with E-state index in [2.05, 4.69) is 4.98 Å².